The molecule has 0 spiro atoms. The van der Waals surface area contributed by atoms with Crippen molar-refractivity contribution in [3.63, 3.8) is 0 Å². The first-order chi connectivity index (χ1) is 8.97. The number of halogens is 3. The van der Waals surface area contributed by atoms with Gasteiger partial charge >= 0.3 is 5.69 Å². The molecule has 9 heteroatoms. The molecule has 98 valence electrons. The van der Waals surface area contributed by atoms with Gasteiger partial charge in [0.1, 0.15) is 12.0 Å². The molecule has 0 unspecified atom stereocenters. The third kappa shape index (κ3) is 3.07. The zero-order valence-corrected chi connectivity index (χ0v) is 10.6. The Morgan fingerprint density at radius 1 is 1.37 bits per heavy atom. The number of nitrogens with one attached hydrogen (secondary N) is 1. The van der Waals surface area contributed by atoms with Crippen LogP contribution in [0.25, 0.3) is 0 Å². The molecule has 1 N–H and O–H groups in total. The summed E-state index contributed by atoms with van der Waals surface area (Å²) in [7, 11) is 0. The minimum absolute atomic E-state index is 0.0548. The van der Waals surface area contributed by atoms with Crippen molar-refractivity contribution in [2.75, 3.05) is 5.32 Å². The van der Waals surface area contributed by atoms with E-state index in [1.54, 1.807) is 0 Å². The van der Waals surface area contributed by atoms with Crippen LogP contribution in [0.5, 0.6) is 0 Å². The molecule has 0 atom stereocenters. The molecule has 1 aromatic carbocycles. The van der Waals surface area contributed by atoms with Crippen LogP contribution in [-0.4, -0.2) is 14.9 Å². The lowest BCUT2D eigenvalue weighted by molar-refractivity contribution is -0.384. The van der Waals surface area contributed by atoms with Crippen LogP contribution in [0, 0.1) is 15.9 Å². The quantitative estimate of drug-likeness (QED) is 0.532. The summed E-state index contributed by atoms with van der Waals surface area (Å²) in [5.41, 5.74) is -0.125. The van der Waals surface area contributed by atoms with Gasteiger partial charge in [0.15, 0.2) is 0 Å². The van der Waals surface area contributed by atoms with Crippen molar-refractivity contribution >= 4 is 40.4 Å². The molecule has 0 aliphatic carbocycles. The number of benzene rings is 1. The first-order valence-electron chi connectivity index (χ1n) is 4.86. The molecule has 2 rings (SSSR count). The molecular weight excluding hydrogens is 298 g/mol. The molecule has 2 aromatic rings. The average Bonchev–Trinajstić information content (AvgIpc) is 2.33. The number of aromatic nitrogens is 2. The van der Waals surface area contributed by atoms with Gasteiger partial charge in [-0.3, -0.25) is 10.1 Å². The fraction of sp³-hybridized carbons (Fsp3) is 0. The third-order valence-corrected chi connectivity index (χ3v) is 2.61. The van der Waals surface area contributed by atoms with E-state index in [4.69, 9.17) is 23.2 Å². The maximum Gasteiger partial charge on any atom is 0.329 e. The SMILES string of the molecule is O=[N+]([O-])c1cnc(Cl)nc1Nc1ccc(Cl)c(F)c1. The Bertz CT molecular complexity index is 653. The van der Waals surface area contributed by atoms with Gasteiger partial charge < -0.3 is 5.32 Å². The highest BCUT2D eigenvalue weighted by atomic mass is 35.5. The van der Waals surface area contributed by atoms with Gasteiger partial charge in [0, 0.05) is 5.69 Å². The van der Waals surface area contributed by atoms with Crippen molar-refractivity contribution in [3.05, 3.63) is 50.6 Å². The van der Waals surface area contributed by atoms with Crippen LogP contribution in [0.4, 0.5) is 21.6 Å². The summed E-state index contributed by atoms with van der Waals surface area (Å²) in [6.07, 6.45) is 0.962. The van der Waals surface area contributed by atoms with E-state index in [1.807, 2.05) is 0 Å². The van der Waals surface area contributed by atoms with Crippen LogP contribution in [-0.2, 0) is 0 Å². The third-order valence-electron chi connectivity index (χ3n) is 2.12. The topological polar surface area (TPSA) is 81.0 Å². The maximum absolute atomic E-state index is 13.3. The van der Waals surface area contributed by atoms with Crippen molar-refractivity contribution in [1.29, 1.82) is 0 Å². The molecule has 6 nitrogen and oxygen atoms in total. The Labute approximate surface area is 116 Å². The zero-order chi connectivity index (χ0) is 14.0. The second-order valence-electron chi connectivity index (χ2n) is 3.38. The number of hydrogen-bond donors (Lipinski definition) is 1. The highest BCUT2D eigenvalue weighted by molar-refractivity contribution is 6.30. The monoisotopic (exact) mass is 302 g/mol. The Morgan fingerprint density at radius 2 is 2.11 bits per heavy atom. The van der Waals surface area contributed by atoms with E-state index in [0.29, 0.717) is 0 Å². The maximum atomic E-state index is 13.3. The van der Waals surface area contributed by atoms with Gasteiger partial charge in [0.05, 0.1) is 9.95 Å². The molecule has 1 aromatic heterocycles. The predicted molar refractivity (Wildman–Crippen MR) is 68.4 cm³/mol. The highest BCUT2D eigenvalue weighted by Gasteiger charge is 2.17. The molecule has 0 amide bonds. The fourth-order valence-electron chi connectivity index (χ4n) is 1.29. The second kappa shape index (κ2) is 5.33. The Morgan fingerprint density at radius 3 is 2.74 bits per heavy atom. The van der Waals surface area contributed by atoms with E-state index < -0.39 is 10.7 Å². The first-order valence-corrected chi connectivity index (χ1v) is 5.62. The van der Waals surface area contributed by atoms with E-state index >= 15 is 0 Å². The zero-order valence-electron chi connectivity index (χ0n) is 9.10. The first kappa shape index (κ1) is 13.4. The van der Waals surface area contributed by atoms with Gasteiger partial charge in [-0.25, -0.2) is 9.37 Å². The minimum atomic E-state index is -0.676. The number of anilines is 2. The number of hydrogen-bond acceptors (Lipinski definition) is 5. The van der Waals surface area contributed by atoms with Crippen molar-refractivity contribution in [3.8, 4) is 0 Å². The highest BCUT2D eigenvalue weighted by Crippen LogP contribution is 2.27. The lowest BCUT2D eigenvalue weighted by Crippen LogP contribution is -2.01. The van der Waals surface area contributed by atoms with Crippen molar-refractivity contribution in [1.82, 2.24) is 9.97 Å². The van der Waals surface area contributed by atoms with E-state index in [9.17, 15) is 14.5 Å². The molecular formula is C10H5Cl2FN4O2. The summed E-state index contributed by atoms with van der Waals surface area (Å²) >= 11 is 11.1. The van der Waals surface area contributed by atoms with Crippen LogP contribution in [0.1, 0.15) is 0 Å². The van der Waals surface area contributed by atoms with Gasteiger partial charge in [-0.05, 0) is 29.8 Å². The van der Waals surface area contributed by atoms with E-state index in [0.717, 1.165) is 12.3 Å². The molecule has 0 saturated carbocycles. The molecule has 0 bridgehead atoms. The second-order valence-corrected chi connectivity index (χ2v) is 4.13. The van der Waals surface area contributed by atoms with Gasteiger partial charge in [-0.1, -0.05) is 11.6 Å². The van der Waals surface area contributed by atoms with Crippen LogP contribution in [0.2, 0.25) is 10.3 Å². The summed E-state index contributed by atoms with van der Waals surface area (Å²) in [4.78, 5) is 17.3. The molecule has 19 heavy (non-hydrogen) atoms. The van der Waals surface area contributed by atoms with Crippen molar-refractivity contribution < 1.29 is 9.31 Å². The molecule has 0 saturated heterocycles. The smallest absolute Gasteiger partial charge is 0.329 e. The van der Waals surface area contributed by atoms with Crippen LogP contribution in [0.15, 0.2) is 24.4 Å². The van der Waals surface area contributed by atoms with Gasteiger partial charge in [-0.15, -0.1) is 0 Å². The Hall–Kier alpha value is -1.99. The number of nitrogens with zero attached hydrogens (tertiary/aromatic N) is 3. The summed E-state index contributed by atoms with van der Waals surface area (Å²) in [5, 5.41) is 13.2. The van der Waals surface area contributed by atoms with Crippen molar-refractivity contribution in [2.24, 2.45) is 0 Å². The number of nitro groups is 1. The summed E-state index contributed by atoms with van der Waals surface area (Å²) in [5.74, 6) is -0.791. The molecule has 1 heterocycles. The molecule has 0 fully saturated rings. The van der Waals surface area contributed by atoms with E-state index in [2.05, 4.69) is 15.3 Å². The molecule has 0 aliphatic rings. The predicted octanol–water partition coefficient (Wildman–Crippen LogP) is 3.57. The number of rotatable bonds is 3. The summed E-state index contributed by atoms with van der Waals surface area (Å²) in [6.45, 7) is 0. The normalized spacial score (nSPS) is 10.3. The fourth-order valence-corrected chi connectivity index (χ4v) is 1.54. The molecule has 0 radical (unpaired) electrons. The van der Waals surface area contributed by atoms with E-state index in [-0.39, 0.29) is 27.5 Å². The Kier molecular flexibility index (Phi) is 3.77. The largest absolute Gasteiger partial charge is 0.334 e. The van der Waals surface area contributed by atoms with Gasteiger partial charge in [-0.2, -0.15) is 4.98 Å². The van der Waals surface area contributed by atoms with Crippen molar-refractivity contribution in [2.45, 2.75) is 0 Å². The molecule has 0 aliphatic heterocycles. The van der Waals surface area contributed by atoms with Gasteiger partial charge in [0.25, 0.3) is 0 Å². The summed E-state index contributed by atoms with van der Waals surface area (Å²) < 4.78 is 13.3. The minimum Gasteiger partial charge on any atom is -0.334 e. The van der Waals surface area contributed by atoms with Crippen LogP contribution >= 0.6 is 23.2 Å². The summed E-state index contributed by atoms with van der Waals surface area (Å²) in [6, 6.07) is 3.85. The van der Waals surface area contributed by atoms with E-state index in [1.165, 1.54) is 12.1 Å². The lowest BCUT2D eigenvalue weighted by atomic mass is 10.3. The lowest BCUT2D eigenvalue weighted by Gasteiger charge is -2.06. The van der Waals surface area contributed by atoms with Gasteiger partial charge in [0.2, 0.25) is 11.1 Å². The van der Waals surface area contributed by atoms with Crippen LogP contribution in [0.3, 0.4) is 0 Å². The average molecular weight is 303 g/mol. The van der Waals surface area contributed by atoms with Crippen LogP contribution < -0.4 is 5.32 Å². The Balaban J connectivity index is 2.39. The standard InChI is InChI=1S/C10H5Cl2FN4O2/c11-6-2-1-5(3-7(6)13)15-9-8(17(18)19)4-14-10(12)16-9/h1-4H,(H,14,15,16).